The summed E-state index contributed by atoms with van der Waals surface area (Å²) in [6.07, 6.45) is 3.37. The monoisotopic (exact) mass is 434 g/mol. The van der Waals surface area contributed by atoms with Crippen molar-refractivity contribution in [3.05, 3.63) is 65.1 Å². The van der Waals surface area contributed by atoms with Crippen LogP contribution in [0.25, 0.3) is 0 Å². The molecule has 5 rings (SSSR count). The molecule has 0 unspecified atom stereocenters. The van der Waals surface area contributed by atoms with Gasteiger partial charge >= 0.3 is 0 Å². The lowest BCUT2D eigenvalue weighted by atomic mass is 9.80. The third kappa shape index (κ3) is 3.62. The fourth-order valence-electron chi connectivity index (χ4n) is 5.63. The number of aryl methyl sites for hydroxylation is 2. The molecule has 1 aromatic carbocycles. The van der Waals surface area contributed by atoms with Crippen LogP contribution in [0.2, 0.25) is 0 Å². The molecular formula is C24H30N6O2. The van der Waals surface area contributed by atoms with Crippen molar-refractivity contribution in [2.24, 2.45) is 5.92 Å². The Morgan fingerprint density at radius 3 is 2.78 bits per heavy atom. The zero-order chi connectivity index (χ0) is 22.3. The van der Waals surface area contributed by atoms with Crippen LogP contribution in [-0.4, -0.2) is 49.9 Å². The lowest BCUT2D eigenvalue weighted by Gasteiger charge is -2.25. The Balaban J connectivity index is 1.35. The molecule has 1 N–H and O–H groups in total. The second-order valence-electron chi connectivity index (χ2n) is 9.22. The molecule has 2 aliphatic rings. The SMILES string of the molecule is CCn1ncc(C(=O)N[C@@H]2C[C@H]3CN(Cc4ccccc4)C[C@@]3(c3nc(C)no3)C2)c1C. The third-order valence-corrected chi connectivity index (χ3v) is 7.13. The molecule has 3 heterocycles. The summed E-state index contributed by atoms with van der Waals surface area (Å²) in [7, 11) is 0. The number of benzene rings is 1. The fourth-order valence-corrected chi connectivity index (χ4v) is 5.63. The van der Waals surface area contributed by atoms with Gasteiger partial charge < -0.3 is 9.84 Å². The molecule has 1 aliphatic carbocycles. The van der Waals surface area contributed by atoms with Gasteiger partial charge in [0.05, 0.1) is 17.2 Å². The van der Waals surface area contributed by atoms with E-state index in [0.29, 0.717) is 23.2 Å². The van der Waals surface area contributed by atoms with Gasteiger partial charge in [-0.3, -0.25) is 14.4 Å². The minimum absolute atomic E-state index is 0.0508. The molecule has 1 amide bonds. The van der Waals surface area contributed by atoms with E-state index >= 15 is 0 Å². The standard InChI is InChI=1S/C24H30N6O2/c1-4-30-16(2)21(12-25-30)22(31)27-20-10-19-14-29(13-18-8-6-5-7-9-18)15-24(19,11-20)23-26-17(3)28-32-23/h5-9,12,19-20H,4,10-11,13-15H2,1-3H3,(H,27,31)/t19-,20+,24-/m0/s1. The van der Waals surface area contributed by atoms with Crippen LogP contribution < -0.4 is 5.32 Å². The maximum Gasteiger partial charge on any atom is 0.254 e. The molecule has 8 heteroatoms. The third-order valence-electron chi connectivity index (χ3n) is 7.13. The van der Waals surface area contributed by atoms with Gasteiger partial charge in [0.1, 0.15) is 0 Å². The van der Waals surface area contributed by atoms with Crippen molar-refractivity contribution in [2.75, 3.05) is 13.1 Å². The van der Waals surface area contributed by atoms with Gasteiger partial charge in [0.15, 0.2) is 5.82 Å². The van der Waals surface area contributed by atoms with Crippen molar-refractivity contribution in [3.63, 3.8) is 0 Å². The number of carbonyl (C=O) groups excluding carboxylic acids is 1. The molecule has 1 aliphatic heterocycles. The number of aromatic nitrogens is 4. The van der Waals surface area contributed by atoms with Crippen LogP contribution in [-0.2, 0) is 18.5 Å². The molecule has 1 saturated heterocycles. The van der Waals surface area contributed by atoms with Crippen molar-refractivity contribution < 1.29 is 9.32 Å². The molecule has 2 aromatic heterocycles. The maximum absolute atomic E-state index is 13.0. The molecule has 2 fully saturated rings. The number of carbonyl (C=O) groups is 1. The van der Waals surface area contributed by atoms with Crippen LogP contribution in [0.15, 0.2) is 41.1 Å². The van der Waals surface area contributed by atoms with Crippen LogP contribution in [0, 0.1) is 19.8 Å². The molecule has 1 saturated carbocycles. The number of amides is 1. The Hall–Kier alpha value is -3.00. The van der Waals surface area contributed by atoms with Gasteiger partial charge in [-0.1, -0.05) is 35.5 Å². The second-order valence-corrected chi connectivity index (χ2v) is 9.22. The number of hydrogen-bond donors (Lipinski definition) is 1. The average Bonchev–Trinajstić information content (AvgIpc) is 3.51. The van der Waals surface area contributed by atoms with Gasteiger partial charge in [0, 0.05) is 37.9 Å². The Labute approximate surface area is 188 Å². The zero-order valence-electron chi connectivity index (χ0n) is 18.9. The molecule has 0 spiro atoms. The number of nitrogens with one attached hydrogen (secondary N) is 1. The topological polar surface area (TPSA) is 89.1 Å². The van der Waals surface area contributed by atoms with E-state index in [9.17, 15) is 4.79 Å². The van der Waals surface area contributed by atoms with E-state index in [1.54, 1.807) is 6.20 Å². The number of hydrogen-bond acceptors (Lipinski definition) is 6. The largest absolute Gasteiger partial charge is 0.349 e. The van der Waals surface area contributed by atoms with Gasteiger partial charge in [0.2, 0.25) is 5.89 Å². The van der Waals surface area contributed by atoms with Gasteiger partial charge in [-0.15, -0.1) is 0 Å². The summed E-state index contributed by atoms with van der Waals surface area (Å²) < 4.78 is 7.56. The molecule has 168 valence electrons. The van der Waals surface area contributed by atoms with Crippen LogP contribution >= 0.6 is 0 Å². The van der Waals surface area contributed by atoms with E-state index in [4.69, 9.17) is 4.52 Å². The summed E-state index contributed by atoms with van der Waals surface area (Å²) in [4.78, 5) is 20.1. The lowest BCUT2D eigenvalue weighted by Crippen LogP contribution is -2.38. The molecular weight excluding hydrogens is 404 g/mol. The number of fused-ring (bicyclic) bond motifs is 1. The summed E-state index contributed by atoms with van der Waals surface area (Å²) in [5, 5.41) is 11.7. The quantitative estimate of drug-likeness (QED) is 0.642. The van der Waals surface area contributed by atoms with Crippen LogP contribution in [0.3, 0.4) is 0 Å². The predicted molar refractivity (Wildman–Crippen MR) is 119 cm³/mol. The van der Waals surface area contributed by atoms with Crippen LogP contribution in [0.5, 0.6) is 0 Å². The average molecular weight is 435 g/mol. The first-order valence-corrected chi connectivity index (χ1v) is 11.4. The molecule has 0 radical (unpaired) electrons. The maximum atomic E-state index is 13.0. The van der Waals surface area contributed by atoms with E-state index in [2.05, 4.69) is 49.7 Å². The molecule has 0 bridgehead atoms. The Bertz CT molecular complexity index is 1110. The van der Waals surface area contributed by atoms with Gasteiger partial charge in [-0.05, 0) is 45.1 Å². The highest BCUT2D eigenvalue weighted by atomic mass is 16.5. The smallest absolute Gasteiger partial charge is 0.254 e. The van der Waals surface area contributed by atoms with Crippen molar-refractivity contribution in [3.8, 4) is 0 Å². The van der Waals surface area contributed by atoms with E-state index in [0.717, 1.165) is 44.7 Å². The highest BCUT2D eigenvalue weighted by molar-refractivity contribution is 5.95. The van der Waals surface area contributed by atoms with Crippen molar-refractivity contribution in [2.45, 2.75) is 58.2 Å². The summed E-state index contributed by atoms with van der Waals surface area (Å²) in [6.45, 7) is 9.29. The van der Waals surface area contributed by atoms with Crippen LogP contribution in [0.4, 0.5) is 0 Å². The highest BCUT2D eigenvalue weighted by Gasteiger charge is 2.57. The summed E-state index contributed by atoms with van der Waals surface area (Å²) >= 11 is 0. The first-order chi connectivity index (χ1) is 15.5. The number of nitrogens with zero attached hydrogens (tertiary/aromatic N) is 5. The summed E-state index contributed by atoms with van der Waals surface area (Å²) in [5.74, 6) is 1.67. The summed E-state index contributed by atoms with van der Waals surface area (Å²) in [6, 6.07) is 10.6. The minimum atomic E-state index is -0.226. The molecule has 32 heavy (non-hydrogen) atoms. The molecule has 8 nitrogen and oxygen atoms in total. The summed E-state index contributed by atoms with van der Waals surface area (Å²) in [5.41, 5.74) is 2.63. The van der Waals surface area contributed by atoms with Gasteiger partial charge in [-0.25, -0.2) is 0 Å². The van der Waals surface area contributed by atoms with Gasteiger partial charge in [0.25, 0.3) is 5.91 Å². The first-order valence-electron chi connectivity index (χ1n) is 11.4. The van der Waals surface area contributed by atoms with E-state index in [1.165, 1.54) is 5.56 Å². The Morgan fingerprint density at radius 2 is 2.09 bits per heavy atom. The first kappa shape index (κ1) is 20.9. The van der Waals surface area contributed by atoms with Gasteiger partial charge in [-0.2, -0.15) is 10.1 Å². The Kier molecular flexibility index (Phi) is 5.33. The van der Waals surface area contributed by atoms with E-state index in [-0.39, 0.29) is 17.4 Å². The van der Waals surface area contributed by atoms with Crippen molar-refractivity contribution in [1.29, 1.82) is 0 Å². The minimum Gasteiger partial charge on any atom is -0.349 e. The van der Waals surface area contributed by atoms with Crippen molar-refractivity contribution >= 4 is 5.91 Å². The fraction of sp³-hybridized carbons (Fsp3) is 0.500. The zero-order valence-corrected chi connectivity index (χ0v) is 18.9. The molecule has 3 atom stereocenters. The molecule has 3 aromatic rings. The predicted octanol–water partition coefficient (Wildman–Crippen LogP) is 2.87. The second kappa shape index (κ2) is 8.16. The number of likely N-dealkylation sites (tertiary alicyclic amines) is 1. The highest BCUT2D eigenvalue weighted by Crippen LogP contribution is 2.50. The number of rotatable bonds is 6. The normalized spacial score (nSPS) is 25.2. The Morgan fingerprint density at radius 1 is 1.28 bits per heavy atom. The van der Waals surface area contributed by atoms with Crippen molar-refractivity contribution in [1.82, 2.24) is 30.1 Å². The van der Waals surface area contributed by atoms with E-state index < -0.39 is 0 Å². The lowest BCUT2D eigenvalue weighted by molar-refractivity contribution is 0.0933. The van der Waals surface area contributed by atoms with Crippen LogP contribution in [0.1, 0.15) is 53.1 Å². The van der Waals surface area contributed by atoms with E-state index in [1.807, 2.05) is 31.5 Å².